The van der Waals surface area contributed by atoms with E-state index in [1.807, 2.05) is 0 Å². The molecule has 2 aromatic rings. The number of rotatable bonds is 10. The Morgan fingerprint density at radius 3 is 2.59 bits per heavy atom. The monoisotopic (exact) mass is 446 g/mol. The van der Waals surface area contributed by atoms with Gasteiger partial charge in [0.05, 0.1) is 23.1 Å². The minimum absolute atomic E-state index is 0.00451. The van der Waals surface area contributed by atoms with Crippen LogP contribution in [0.2, 0.25) is 0 Å². The van der Waals surface area contributed by atoms with Gasteiger partial charge < -0.3 is 10.1 Å². The third-order valence-electron chi connectivity index (χ3n) is 4.67. The maximum absolute atomic E-state index is 12.3. The van der Waals surface area contributed by atoms with E-state index in [-0.39, 0.29) is 22.9 Å². The molecule has 14 nitrogen and oxygen atoms in total. The third kappa shape index (κ3) is 6.05. The fourth-order valence-electron chi connectivity index (χ4n) is 3.06. The lowest BCUT2D eigenvalue weighted by atomic mass is 10.2. The molecule has 0 unspecified atom stereocenters. The number of carbonyl (C=O) groups is 1. The Balaban J connectivity index is 1.61. The number of nitro groups is 2. The summed E-state index contributed by atoms with van der Waals surface area (Å²) in [5, 5.41) is 25.4. The van der Waals surface area contributed by atoms with Crippen LogP contribution in [0.3, 0.4) is 0 Å². The van der Waals surface area contributed by atoms with Crippen molar-refractivity contribution in [3.63, 3.8) is 0 Å². The molecule has 3 N–H and O–H groups in total. The molecular formula is C18H22N8O6. The van der Waals surface area contributed by atoms with Gasteiger partial charge in [0.1, 0.15) is 6.33 Å². The van der Waals surface area contributed by atoms with Crippen LogP contribution < -0.4 is 16.2 Å². The molecule has 0 radical (unpaired) electrons. The largest absolute Gasteiger partial charge is 0.379 e. The highest BCUT2D eigenvalue weighted by atomic mass is 16.6. The number of anilines is 2. The predicted octanol–water partition coefficient (Wildman–Crippen LogP) is 1.18. The molecule has 1 aromatic heterocycles. The average Bonchev–Trinajstić information content (AvgIpc) is 2.80. The summed E-state index contributed by atoms with van der Waals surface area (Å²) in [6.07, 6.45) is 1.87. The van der Waals surface area contributed by atoms with Crippen molar-refractivity contribution in [1.82, 2.24) is 20.3 Å². The molecule has 14 heteroatoms. The minimum atomic E-state index is -0.721. The van der Waals surface area contributed by atoms with Gasteiger partial charge in [-0.25, -0.2) is 9.97 Å². The molecule has 1 aromatic carbocycles. The van der Waals surface area contributed by atoms with Crippen molar-refractivity contribution < 1.29 is 19.4 Å². The molecule has 0 spiro atoms. The van der Waals surface area contributed by atoms with E-state index in [0.29, 0.717) is 19.8 Å². The van der Waals surface area contributed by atoms with Crippen molar-refractivity contribution in [1.29, 1.82) is 0 Å². The number of ether oxygens (including phenoxy) is 1. The predicted molar refractivity (Wildman–Crippen MR) is 113 cm³/mol. The van der Waals surface area contributed by atoms with Crippen molar-refractivity contribution in [3.05, 3.63) is 56.4 Å². The van der Waals surface area contributed by atoms with Gasteiger partial charge in [0.15, 0.2) is 0 Å². The number of hydrazine groups is 1. The second-order valence-electron chi connectivity index (χ2n) is 6.80. The van der Waals surface area contributed by atoms with Gasteiger partial charge in [-0.2, -0.15) is 0 Å². The number of hydrogen-bond donors (Lipinski definition) is 3. The van der Waals surface area contributed by atoms with Crippen LogP contribution >= 0.6 is 0 Å². The Morgan fingerprint density at radius 1 is 1.12 bits per heavy atom. The molecule has 1 saturated heterocycles. The van der Waals surface area contributed by atoms with Crippen LogP contribution in [0.4, 0.5) is 23.0 Å². The van der Waals surface area contributed by atoms with Gasteiger partial charge in [-0.15, -0.1) is 0 Å². The van der Waals surface area contributed by atoms with Crippen LogP contribution in [0.25, 0.3) is 0 Å². The summed E-state index contributed by atoms with van der Waals surface area (Å²) < 4.78 is 5.30. The summed E-state index contributed by atoms with van der Waals surface area (Å²) in [6.45, 7) is 4.37. The van der Waals surface area contributed by atoms with E-state index < -0.39 is 21.4 Å². The summed E-state index contributed by atoms with van der Waals surface area (Å²) in [7, 11) is 0. The Hall–Kier alpha value is -3.91. The lowest BCUT2D eigenvalue weighted by Crippen LogP contribution is -2.37. The highest BCUT2D eigenvalue weighted by molar-refractivity contribution is 5.95. The molecule has 32 heavy (non-hydrogen) atoms. The smallest absolute Gasteiger partial charge is 0.354 e. The van der Waals surface area contributed by atoms with Gasteiger partial charge in [-0.1, -0.05) is 6.07 Å². The summed E-state index contributed by atoms with van der Waals surface area (Å²) in [4.78, 5) is 43.5. The van der Waals surface area contributed by atoms with Crippen molar-refractivity contribution >= 4 is 28.9 Å². The molecule has 0 atom stereocenters. The number of benzene rings is 1. The van der Waals surface area contributed by atoms with E-state index in [0.717, 1.165) is 38.4 Å². The normalized spacial score (nSPS) is 13.9. The number of non-ortho nitro benzene ring substituents is 1. The standard InChI is InChI=1S/C18H22N8O6/c27-18(13-3-1-4-14(11-13)25(28)29)23-22-17-15(26(30)31)16(20-12-21-17)19-5-2-6-24-7-9-32-10-8-24/h1,3-4,11-12H,2,5-10H2,(H,23,27)(H2,19,20,21,22). The number of morpholine rings is 1. The molecule has 2 heterocycles. The summed E-state index contributed by atoms with van der Waals surface area (Å²) >= 11 is 0. The van der Waals surface area contributed by atoms with E-state index in [9.17, 15) is 25.0 Å². The summed E-state index contributed by atoms with van der Waals surface area (Å²) in [5.41, 5.74) is 3.98. The molecule has 0 aliphatic carbocycles. The van der Waals surface area contributed by atoms with Gasteiger partial charge in [0.2, 0.25) is 11.6 Å². The van der Waals surface area contributed by atoms with Gasteiger partial charge in [-0.05, 0) is 19.0 Å². The molecule has 170 valence electrons. The SMILES string of the molecule is O=C(NNc1ncnc(NCCCN2CCOCC2)c1[N+](=O)[O-])c1cccc([N+](=O)[O-])c1. The second kappa shape index (κ2) is 10.9. The summed E-state index contributed by atoms with van der Waals surface area (Å²) in [5.74, 6) is -0.930. The van der Waals surface area contributed by atoms with Gasteiger partial charge >= 0.3 is 5.69 Å². The number of hydrogen-bond acceptors (Lipinski definition) is 11. The highest BCUT2D eigenvalue weighted by Gasteiger charge is 2.23. The number of nitrogens with one attached hydrogen (secondary N) is 3. The van der Waals surface area contributed by atoms with Gasteiger partial charge in [0.25, 0.3) is 11.6 Å². The van der Waals surface area contributed by atoms with Crippen LogP contribution in [0, 0.1) is 20.2 Å². The van der Waals surface area contributed by atoms with Crippen molar-refractivity contribution in [2.45, 2.75) is 6.42 Å². The minimum Gasteiger partial charge on any atom is -0.379 e. The average molecular weight is 446 g/mol. The van der Waals surface area contributed by atoms with E-state index in [1.54, 1.807) is 0 Å². The highest BCUT2D eigenvalue weighted by Crippen LogP contribution is 2.28. The van der Waals surface area contributed by atoms with Crippen LogP contribution in [0.1, 0.15) is 16.8 Å². The molecule has 1 aliphatic heterocycles. The third-order valence-corrected chi connectivity index (χ3v) is 4.67. The van der Waals surface area contributed by atoms with E-state index >= 15 is 0 Å². The first-order chi connectivity index (χ1) is 15.5. The molecule has 1 amide bonds. The van der Waals surface area contributed by atoms with Gasteiger partial charge in [0, 0.05) is 37.3 Å². The number of aromatic nitrogens is 2. The first-order valence-electron chi connectivity index (χ1n) is 9.80. The van der Waals surface area contributed by atoms with Gasteiger partial charge in [-0.3, -0.25) is 40.8 Å². The summed E-state index contributed by atoms with van der Waals surface area (Å²) in [6, 6.07) is 5.07. The molecule has 3 rings (SSSR count). The maximum Gasteiger partial charge on any atom is 0.354 e. The number of carbonyl (C=O) groups excluding carboxylic acids is 1. The fraction of sp³-hybridized carbons (Fsp3) is 0.389. The van der Waals surface area contributed by atoms with Crippen molar-refractivity contribution in [3.8, 4) is 0 Å². The lowest BCUT2D eigenvalue weighted by Gasteiger charge is -2.26. The first kappa shape index (κ1) is 22.8. The zero-order valence-corrected chi connectivity index (χ0v) is 17.0. The Kier molecular flexibility index (Phi) is 7.77. The number of nitro benzene ring substituents is 1. The van der Waals surface area contributed by atoms with E-state index in [1.165, 1.54) is 18.2 Å². The molecule has 1 aliphatic rings. The Bertz CT molecular complexity index is 982. The maximum atomic E-state index is 12.3. The second-order valence-corrected chi connectivity index (χ2v) is 6.80. The van der Waals surface area contributed by atoms with Crippen molar-refractivity contribution in [2.75, 3.05) is 50.1 Å². The van der Waals surface area contributed by atoms with Crippen molar-refractivity contribution in [2.24, 2.45) is 0 Å². The Labute approximate surface area is 182 Å². The van der Waals surface area contributed by atoms with Crippen LogP contribution in [-0.2, 0) is 4.74 Å². The molecule has 1 fully saturated rings. The molecular weight excluding hydrogens is 424 g/mol. The zero-order chi connectivity index (χ0) is 22.9. The first-order valence-corrected chi connectivity index (χ1v) is 9.80. The van der Waals surface area contributed by atoms with Crippen LogP contribution in [0.5, 0.6) is 0 Å². The van der Waals surface area contributed by atoms with Crippen LogP contribution in [-0.4, -0.2) is 70.0 Å². The topological polar surface area (TPSA) is 178 Å². The zero-order valence-electron chi connectivity index (χ0n) is 17.0. The fourth-order valence-corrected chi connectivity index (χ4v) is 3.06. The number of nitrogens with zero attached hydrogens (tertiary/aromatic N) is 5. The number of amides is 1. The Morgan fingerprint density at radius 2 is 1.88 bits per heavy atom. The molecule has 0 bridgehead atoms. The molecule has 0 saturated carbocycles. The van der Waals surface area contributed by atoms with E-state index in [4.69, 9.17) is 4.74 Å². The quantitative estimate of drug-likeness (QED) is 0.271. The van der Waals surface area contributed by atoms with E-state index in [2.05, 4.69) is 31.0 Å². The van der Waals surface area contributed by atoms with Crippen LogP contribution in [0.15, 0.2) is 30.6 Å². The lowest BCUT2D eigenvalue weighted by molar-refractivity contribution is -0.384.